The second-order valence-electron chi connectivity index (χ2n) is 3.68. The molecule has 4 heteroatoms. The predicted molar refractivity (Wildman–Crippen MR) is 60.3 cm³/mol. The van der Waals surface area contributed by atoms with E-state index in [9.17, 15) is 0 Å². The molecule has 2 aromatic rings. The van der Waals surface area contributed by atoms with Crippen LogP contribution in [-0.2, 0) is 7.05 Å². The molecule has 2 heterocycles. The van der Waals surface area contributed by atoms with E-state index in [4.69, 9.17) is 5.73 Å². The lowest BCUT2D eigenvalue weighted by molar-refractivity contribution is 0.927. The van der Waals surface area contributed by atoms with Crippen molar-refractivity contribution in [2.24, 2.45) is 7.05 Å². The monoisotopic (exact) mass is 202 g/mol. The lowest BCUT2D eigenvalue weighted by Gasteiger charge is -2.06. The van der Waals surface area contributed by atoms with Crippen molar-refractivity contribution < 1.29 is 0 Å². The Hall–Kier alpha value is -1.84. The van der Waals surface area contributed by atoms with Crippen LogP contribution < -0.4 is 5.73 Å². The van der Waals surface area contributed by atoms with Gasteiger partial charge in [0, 0.05) is 25.0 Å². The molecule has 0 aliphatic carbocycles. The summed E-state index contributed by atoms with van der Waals surface area (Å²) in [6, 6.07) is 2.00. The van der Waals surface area contributed by atoms with E-state index in [0.717, 1.165) is 22.8 Å². The first-order chi connectivity index (χ1) is 7.08. The third-order valence-corrected chi connectivity index (χ3v) is 2.35. The highest BCUT2D eigenvalue weighted by atomic mass is 14.9. The van der Waals surface area contributed by atoms with Crippen LogP contribution in [0.25, 0.3) is 11.3 Å². The zero-order valence-corrected chi connectivity index (χ0v) is 9.15. The topological polar surface area (TPSA) is 56.7 Å². The number of hydrogen-bond donors (Lipinski definition) is 1. The minimum absolute atomic E-state index is 0.659. The van der Waals surface area contributed by atoms with Crippen LogP contribution in [0.3, 0.4) is 0 Å². The van der Waals surface area contributed by atoms with Crippen LogP contribution in [0.1, 0.15) is 11.5 Å². The summed E-state index contributed by atoms with van der Waals surface area (Å²) in [7, 11) is 1.97. The number of rotatable bonds is 1. The summed E-state index contributed by atoms with van der Waals surface area (Å²) in [5.74, 6) is 0.751. The van der Waals surface area contributed by atoms with Crippen molar-refractivity contribution in [3.05, 3.63) is 30.0 Å². The maximum Gasteiger partial charge on any atom is 0.126 e. The van der Waals surface area contributed by atoms with E-state index in [0.29, 0.717) is 5.69 Å². The highest BCUT2D eigenvalue weighted by molar-refractivity contribution is 5.73. The molecule has 2 rings (SSSR count). The molecule has 0 atom stereocenters. The van der Waals surface area contributed by atoms with Gasteiger partial charge in [-0.25, -0.2) is 9.97 Å². The average molecular weight is 202 g/mol. The number of aromatic nitrogens is 3. The van der Waals surface area contributed by atoms with Crippen LogP contribution in [0.2, 0.25) is 0 Å². The van der Waals surface area contributed by atoms with E-state index in [1.165, 1.54) is 0 Å². The summed E-state index contributed by atoms with van der Waals surface area (Å²) in [5, 5.41) is 0. The Morgan fingerprint density at radius 3 is 2.60 bits per heavy atom. The largest absolute Gasteiger partial charge is 0.395 e. The summed E-state index contributed by atoms with van der Waals surface area (Å²) >= 11 is 0. The molecule has 2 N–H and O–H groups in total. The molecule has 78 valence electrons. The number of nitrogens with zero attached hydrogens (tertiary/aromatic N) is 3. The molecular formula is C11H14N4. The summed E-state index contributed by atoms with van der Waals surface area (Å²) in [5.41, 5.74) is 9.30. The zero-order chi connectivity index (χ0) is 11.0. The first-order valence-corrected chi connectivity index (χ1v) is 4.81. The van der Waals surface area contributed by atoms with Crippen molar-refractivity contribution in [2.45, 2.75) is 13.8 Å². The lowest BCUT2D eigenvalue weighted by atomic mass is 10.2. The number of hydrogen-bond acceptors (Lipinski definition) is 3. The summed E-state index contributed by atoms with van der Waals surface area (Å²) < 4.78 is 1.97. The second-order valence-corrected chi connectivity index (χ2v) is 3.68. The fraction of sp³-hybridized carbons (Fsp3) is 0.273. The van der Waals surface area contributed by atoms with Gasteiger partial charge in [0.1, 0.15) is 5.82 Å². The maximum atomic E-state index is 5.96. The van der Waals surface area contributed by atoms with Crippen molar-refractivity contribution in [1.82, 2.24) is 14.5 Å². The SMILES string of the molecule is Cc1nc(C)c(N)c(-c2ccn(C)c2)n1. The summed E-state index contributed by atoms with van der Waals surface area (Å²) in [6.07, 6.45) is 3.97. The van der Waals surface area contributed by atoms with E-state index in [2.05, 4.69) is 9.97 Å². The number of nitrogens with two attached hydrogens (primary N) is 1. The Labute approximate surface area is 88.8 Å². The van der Waals surface area contributed by atoms with Crippen molar-refractivity contribution >= 4 is 5.69 Å². The fourth-order valence-corrected chi connectivity index (χ4v) is 1.58. The Morgan fingerprint density at radius 2 is 2.00 bits per heavy atom. The third-order valence-electron chi connectivity index (χ3n) is 2.35. The van der Waals surface area contributed by atoms with Gasteiger partial charge in [-0.15, -0.1) is 0 Å². The number of anilines is 1. The summed E-state index contributed by atoms with van der Waals surface area (Å²) in [6.45, 7) is 3.77. The smallest absolute Gasteiger partial charge is 0.126 e. The first-order valence-electron chi connectivity index (χ1n) is 4.81. The van der Waals surface area contributed by atoms with Crippen LogP contribution in [0, 0.1) is 13.8 Å². The van der Waals surface area contributed by atoms with Gasteiger partial charge in [0.25, 0.3) is 0 Å². The molecule has 0 aromatic carbocycles. The average Bonchev–Trinajstić information content (AvgIpc) is 2.58. The molecule has 0 amide bonds. The van der Waals surface area contributed by atoms with Crippen LogP contribution >= 0.6 is 0 Å². The Kier molecular flexibility index (Phi) is 2.19. The molecule has 0 bridgehead atoms. The highest BCUT2D eigenvalue weighted by Crippen LogP contribution is 2.25. The molecule has 4 nitrogen and oxygen atoms in total. The van der Waals surface area contributed by atoms with Crippen molar-refractivity contribution in [3.63, 3.8) is 0 Å². The normalized spacial score (nSPS) is 10.6. The van der Waals surface area contributed by atoms with Gasteiger partial charge >= 0.3 is 0 Å². The standard InChI is InChI=1S/C11H14N4/c1-7-10(12)11(14-8(2)13-7)9-4-5-15(3)6-9/h4-6H,12H2,1-3H3. The fourth-order valence-electron chi connectivity index (χ4n) is 1.58. The van der Waals surface area contributed by atoms with E-state index in [1.54, 1.807) is 0 Å². The lowest BCUT2D eigenvalue weighted by Crippen LogP contribution is -2.01. The molecular weight excluding hydrogens is 188 g/mol. The van der Waals surface area contributed by atoms with Crippen molar-refractivity contribution in [2.75, 3.05) is 5.73 Å². The van der Waals surface area contributed by atoms with Gasteiger partial charge in [0.2, 0.25) is 0 Å². The van der Waals surface area contributed by atoms with Gasteiger partial charge in [-0.2, -0.15) is 0 Å². The first kappa shape index (κ1) is 9.71. The Bertz CT molecular complexity index is 499. The molecule has 0 spiro atoms. The second kappa shape index (κ2) is 3.38. The van der Waals surface area contributed by atoms with Gasteiger partial charge in [0.05, 0.1) is 17.1 Å². The van der Waals surface area contributed by atoms with Crippen LogP contribution in [0.4, 0.5) is 5.69 Å². The number of nitrogen functional groups attached to an aromatic ring is 1. The Balaban J connectivity index is 2.62. The molecule has 0 saturated carbocycles. The maximum absolute atomic E-state index is 5.96. The molecule has 2 aromatic heterocycles. The van der Waals surface area contributed by atoms with Crippen LogP contribution in [0.5, 0.6) is 0 Å². The molecule has 15 heavy (non-hydrogen) atoms. The molecule has 0 aliphatic heterocycles. The molecule has 0 saturated heterocycles. The summed E-state index contributed by atoms with van der Waals surface area (Å²) in [4.78, 5) is 8.59. The van der Waals surface area contributed by atoms with Crippen molar-refractivity contribution in [1.29, 1.82) is 0 Å². The molecule has 0 aliphatic rings. The zero-order valence-electron chi connectivity index (χ0n) is 9.15. The number of aryl methyl sites for hydroxylation is 3. The van der Waals surface area contributed by atoms with E-state index >= 15 is 0 Å². The van der Waals surface area contributed by atoms with Crippen molar-refractivity contribution in [3.8, 4) is 11.3 Å². The highest BCUT2D eigenvalue weighted by Gasteiger charge is 2.09. The molecule has 0 radical (unpaired) electrons. The van der Waals surface area contributed by atoms with E-state index < -0.39 is 0 Å². The van der Waals surface area contributed by atoms with Gasteiger partial charge in [-0.05, 0) is 19.9 Å². The Morgan fingerprint density at radius 1 is 1.27 bits per heavy atom. The van der Waals surface area contributed by atoms with Gasteiger partial charge in [-0.3, -0.25) is 0 Å². The van der Waals surface area contributed by atoms with E-state index in [-0.39, 0.29) is 0 Å². The van der Waals surface area contributed by atoms with Gasteiger partial charge in [0.15, 0.2) is 0 Å². The van der Waals surface area contributed by atoms with Gasteiger partial charge < -0.3 is 10.3 Å². The van der Waals surface area contributed by atoms with E-state index in [1.807, 2.05) is 43.9 Å². The molecule has 0 unspecified atom stereocenters. The van der Waals surface area contributed by atoms with Crippen LogP contribution in [0.15, 0.2) is 18.5 Å². The third kappa shape index (κ3) is 1.70. The predicted octanol–water partition coefficient (Wildman–Crippen LogP) is 1.68. The minimum atomic E-state index is 0.659. The van der Waals surface area contributed by atoms with Crippen LogP contribution in [-0.4, -0.2) is 14.5 Å². The minimum Gasteiger partial charge on any atom is -0.395 e. The quantitative estimate of drug-likeness (QED) is 0.765. The van der Waals surface area contributed by atoms with Gasteiger partial charge in [-0.1, -0.05) is 0 Å². The molecule has 0 fully saturated rings.